The number of halogens is 1. The molecule has 0 aliphatic carbocycles. The van der Waals surface area contributed by atoms with Gasteiger partial charge in [0.05, 0.1) is 13.0 Å². The van der Waals surface area contributed by atoms with Gasteiger partial charge < -0.3 is 4.74 Å². The molecule has 0 heterocycles. The van der Waals surface area contributed by atoms with Crippen LogP contribution in [0.5, 0.6) is 0 Å². The first kappa shape index (κ1) is 17.8. The molecule has 0 unspecified atom stereocenters. The number of hydrogen-bond acceptors (Lipinski definition) is 2. The van der Waals surface area contributed by atoms with Gasteiger partial charge in [-0.1, -0.05) is 64.7 Å². The lowest BCUT2D eigenvalue weighted by Gasteiger charge is -2.04. The number of alkyl halides is 1. The van der Waals surface area contributed by atoms with Crippen molar-refractivity contribution in [2.75, 3.05) is 12.5 Å². The highest BCUT2D eigenvalue weighted by molar-refractivity contribution is 6.18. The third-order valence-electron chi connectivity index (χ3n) is 3.06. The van der Waals surface area contributed by atoms with Crippen molar-refractivity contribution < 1.29 is 9.53 Å². The highest BCUT2D eigenvalue weighted by Crippen LogP contribution is 2.10. The summed E-state index contributed by atoms with van der Waals surface area (Å²) >= 11 is 5.44. The summed E-state index contributed by atoms with van der Waals surface area (Å²) in [6.45, 7) is 2.81. The van der Waals surface area contributed by atoms with Crippen LogP contribution < -0.4 is 0 Å². The lowest BCUT2D eigenvalue weighted by Crippen LogP contribution is -2.06. The van der Waals surface area contributed by atoms with Crippen molar-refractivity contribution >= 4 is 17.6 Å². The molecule has 2 nitrogen and oxygen atoms in total. The van der Waals surface area contributed by atoms with E-state index in [1.54, 1.807) is 0 Å². The summed E-state index contributed by atoms with van der Waals surface area (Å²) in [4.78, 5) is 11.0. The maximum atomic E-state index is 11.0. The van der Waals surface area contributed by atoms with Gasteiger partial charge >= 0.3 is 5.97 Å². The minimum Gasteiger partial charge on any atom is -0.466 e. The molecule has 0 spiro atoms. The Balaban J connectivity index is 3.01. The molecule has 0 aliphatic heterocycles. The molecule has 0 aromatic rings. The SMILES string of the molecule is CCCCCCCCCCCCOC(=O)CCCl. The van der Waals surface area contributed by atoms with Crippen LogP contribution in [0.4, 0.5) is 0 Å². The predicted molar refractivity (Wildman–Crippen MR) is 78.1 cm³/mol. The number of hydrogen-bond donors (Lipinski definition) is 0. The standard InChI is InChI=1S/C15H29ClO2/c1-2-3-4-5-6-7-8-9-10-11-14-18-15(17)12-13-16/h2-14H2,1H3. The van der Waals surface area contributed by atoms with Crippen LogP contribution in [0, 0.1) is 0 Å². The summed E-state index contributed by atoms with van der Waals surface area (Å²) in [6, 6.07) is 0. The van der Waals surface area contributed by atoms with E-state index in [2.05, 4.69) is 6.92 Å². The van der Waals surface area contributed by atoms with E-state index in [1.165, 1.54) is 57.8 Å². The summed E-state index contributed by atoms with van der Waals surface area (Å²) < 4.78 is 5.03. The Hall–Kier alpha value is -0.240. The molecule has 0 fully saturated rings. The van der Waals surface area contributed by atoms with E-state index in [-0.39, 0.29) is 5.97 Å². The van der Waals surface area contributed by atoms with Crippen LogP contribution in [-0.2, 0) is 9.53 Å². The Labute approximate surface area is 117 Å². The maximum Gasteiger partial charge on any atom is 0.306 e. The topological polar surface area (TPSA) is 26.3 Å². The van der Waals surface area contributed by atoms with Crippen molar-refractivity contribution in [1.82, 2.24) is 0 Å². The number of ether oxygens (including phenoxy) is 1. The van der Waals surface area contributed by atoms with Crippen molar-refractivity contribution in [2.24, 2.45) is 0 Å². The van der Waals surface area contributed by atoms with E-state index in [9.17, 15) is 4.79 Å². The molecule has 18 heavy (non-hydrogen) atoms. The molecule has 0 bridgehead atoms. The fourth-order valence-corrected chi connectivity index (χ4v) is 2.08. The zero-order valence-electron chi connectivity index (χ0n) is 11.9. The molecule has 0 N–H and O–H groups in total. The summed E-state index contributed by atoms with van der Waals surface area (Å²) in [5.41, 5.74) is 0. The second-order valence-corrected chi connectivity index (χ2v) is 5.22. The zero-order chi connectivity index (χ0) is 13.5. The van der Waals surface area contributed by atoms with E-state index in [4.69, 9.17) is 16.3 Å². The minimum absolute atomic E-state index is 0.166. The first-order valence-corrected chi connectivity index (χ1v) is 8.06. The van der Waals surface area contributed by atoms with Crippen LogP contribution in [0.25, 0.3) is 0 Å². The Morgan fingerprint density at radius 2 is 1.39 bits per heavy atom. The van der Waals surface area contributed by atoms with Crippen molar-refractivity contribution in [3.63, 3.8) is 0 Å². The average Bonchev–Trinajstić information content (AvgIpc) is 2.36. The smallest absolute Gasteiger partial charge is 0.306 e. The molecule has 3 heteroatoms. The lowest BCUT2D eigenvalue weighted by atomic mass is 10.1. The Kier molecular flexibility index (Phi) is 14.6. The molecule has 0 saturated heterocycles. The average molecular weight is 277 g/mol. The number of carbonyl (C=O) groups excluding carboxylic acids is 1. The molecule has 0 radical (unpaired) electrons. The predicted octanol–water partition coefficient (Wildman–Crippen LogP) is 5.08. The number of rotatable bonds is 13. The monoisotopic (exact) mass is 276 g/mol. The molecule has 0 rings (SSSR count). The molecule has 0 aliphatic rings. The number of carbonyl (C=O) groups is 1. The van der Waals surface area contributed by atoms with Crippen molar-refractivity contribution in [3.05, 3.63) is 0 Å². The largest absolute Gasteiger partial charge is 0.466 e. The summed E-state index contributed by atoms with van der Waals surface area (Å²) in [5.74, 6) is 0.192. The fourth-order valence-electron chi connectivity index (χ4n) is 1.92. The highest BCUT2D eigenvalue weighted by Gasteiger charge is 2.00. The molecular formula is C15H29ClO2. The lowest BCUT2D eigenvalue weighted by molar-refractivity contribution is -0.143. The molecule has 108 valence electrons. The van der Waals surface area contributed by atoms with Gasteiger partial charge in [0.2, 0.25) is 0 Å². The van der Waals surface area contributed by atoms with Gasteiger partial charge in [-0.3, -0.25) is 4.79 Å². The summed E-state index contributed by atoms with van der Waals surface area (Å²) in [5, 5.41) is 0. The van der Waals surface area contributed by atoms with E-state index >= 15 is 0 Å². The van der Waals surface area contributed by atoms with Crippen LogP contribution in [0.1, 0.15) is 77.6 Å². The Morgan fingerprint density at radius 1 is 0.889 bits per heavy atom. The van der Waals surface area contributed by atoms with Crippen LogP contribution in [0.3, 0.4) is 0 Å². The quantitative estimate of drug-likeness (QED) is 0.266. The fraction of sp³-hybridized carbons (Fsp3) is 0.933. The molecule has 0 atom stereocenters. The number of esters is 1. The van der Waals surface area contributed by atoms with Crippen LogP contribution in [-0.4, -0.2) is 18.5 Å². The van der Waals surface area contributed by atoms with E-state index < -0.39 is 0 Å². The molecule has 0 amide bonds. The molecule has 0 aromatic heterocycles. The third-order valence-corrected chi connectivity index (χ3v) is 3.25. The van der Waals surface area contributed by atoms with Gasteiger partial charge in [0, 0.05) is 5.88 Å². The van der Waals surface area contributed by atoms with Crippen molar-refractivity contribution in [2.45, 2.75) is 77.6 Å². The van der Waals surface area contributed by atoms with Gasteiger partial charge in [-0.05, 0) is 6.42 Å². The van der Waals surface area contributed by atoms with Gasteiger partial charge in [0.15, 0.2) is 0 Å². The van der Waals surface area contributed by atoms with E-state index in [0.717, 1.165) is 6.42 Å². The van der Waals surface area contributed by atoms with Gasteiger partial charge in [-0.2, -0.15) is 0 Å². The van der Waals surface area contributed by atoms with Gasteiger partial charge in [0.25, 0.3) is 0 Å². The number of unbranched alkanes of at least 4 members (excludes halogenated alkanes) is 9. The van der Waals surface area contributed by atoms with Crippen LogP contribution in [0.15, 0.2) is 0 Å². The first-order chi connectivity index (χ1) is 8.81. The van der Waals surface area contributed by atoms with Gasteiger partial charge in [-0.25, -0.2) is 0 Å². The zero-order valence-corrected chi connectivity index (χ0v) is 12.6. The van der Waals surface area contributed by atoms with Gasteiger partial charge in [-0.15, -0.1) is 11.6 Å². The summed E-state index contributed by atoms with van der Waals surface area (Å²) in [7, 11) is 0. The Morgan fingerprint density at radius 3 is 1.89 bits per heavy atom. The van der Waals surface area contributed by atoms with Crippen molar-refractivity contribution in [1.29, 1.82) is 0 Å². The molecule has 0 saturated carbocycles. The molecular weight excluding hydrogens is 248 g/mol. The highest BCUT2D eigenvalue weighted by atomic mass is 35.5. The summed E-state index contributed by atoms with van der Waals surface area (Å²) in [6.07, 6.45) is 13.3. The van der Waals surface area contributed by atoms with Gasteiger partial charge in [0.1, 0.15) is 0 Å². The van der Waals surface area contributed by atoms with Crippen LogP contribution >= 0.6 is 11.6 Å². The normalized spacial score (nSPS) is 10.6. The minimum atomic E-state index is -0.166. The van der Waals surface area contributed by atoms with E-state index in [0.29, 0.717) is 18.9 Å². The van der Waals surface area contributed by atoms with E-state index in [1.807, 2.05) is 0 Å². The van der Waals surface area contributed by atoms with Crippen molar-refractivity contribution in [3.8, 4) is 0 Å². The van der Waals surface area contributed by atoms with Crippen LogP contribution in [0.2, 0.25) is 0 Å². The second-order valence-electron chi connectivity index (χ2n) is 4.84. The third kappa shape index (κ3) is 13.8. The maximum absolute atomic E-state index is 11.0. The Bertz CT molecular complexity index is 183. The first-order valence-electron chi connectivity index (χ1n) is 7.52. The second kappa shape index (κ2) is 14.8. The molecule has 0 aromatic carbocycles.